The Morgan fingerprint density at radius 3 is 2.36 bits per heavy atom. The monoisotopic (exact) mass is 257 g/mol. The van der Waals surface area contributed by atoms with Crippen LogP contribution in [0.2, 0.25) is 0 Å². The molecule has 14 heavy (non-hydrogen) atoms. The van der Waals surface area contributed by atoms with E-state index in [2.05, 4.69) is 21.2 Å². The molecule has 3 nitrogen and oxygen atoms in total. The van der Waals surface area contributed by atoms with Crippen LogP contribution >= 0.6 is 15.9 Å². The Hall–Kier alpha value is -1.03. The molecular weight excluding hydrogens is 246 g/mol. The van der Waals surface area contributed by atoms with Gasteiger partial charge in [-0.2, -0.15) is 0 Å². The minimum atomic E-state index is -0.994. The number of aryl methyl sites for hydroxylation is 2. The molecule has 1 aromatic carbocycles. The summed E-state index contributed by atoms with van der Waals surface area (Å²) in [4.78, 5) is 10.3. The molecule has 0 heterocycles. The van der Waals surface area contributed by atoms with Gasteiger partial charge in [0.15, 0.2) is 0 Å². The van der Waals surface area contributed by atoms with Crippen LogP contribution in [0.1, 0.15) is 16.7 Å². The Balaban J connectivity index is 2.91. The van der Waals surface area contributed by atoms with Gasteiger partial charge in [-0.15, -0.1) is 0 Å². The van der Waals surface area contributed by atoms with Gasteiger partial charge >= 0.3 is 6.09 Å². The van der Waals surface area contributed by atoms with Crippen LogP contribution in [-0.2, 0) is 6.54 Å². The third kappa shape index (κ3) is 2.73. The second-order valence-electron chi connectivity index (χ2n) is 3.18. The van der Waals surface area contributed by atoms with Gasteiger partial charge in [-0.1, -0.05) is 15.9 Å². The number of halogens is 1. The summed E-state index contributed by atoms with van der Waals surface area (Å²) in [5, 5.41) is 10.9. The first-order valence-corrected chi connectivity index (χ1v) is 5.02. The maximum Gasteiger partial charge on any atom is 0.404 e. The van der Waals surface area contributed by atoms with Crippen molar-refractivity contribution in [3.05, 3.63) is 33.3 Å². The van der Waals surface area contributed by atoms with Crippen LogP contribution in [0.25, 0.3) is 0 Å². The summed E-state index contributed by atoms with van der Waals surface area (Å²) in [7, 11) is 0. The average Bonchev–Trinajstić information content (AvgIpc) is 2.01. The highest BCUT2D eigenvalue weighted by Gasteiger charge is 2.05. The van der Waals surface area contributed by atoms with Crippen LogP contribution in [-0.4, -0.2) is 11.2 Å². The summed E-state index contributed by atoms with van der Waals surface area (Å²) in [5.41, 5.74) is 3.21. The van der Waals surface area contributed by atoms with E-state index in [-0.39, 0.29) is 0 Å². The van der Waals surface area contributed by atoms with E-state index in [9.17, 15) is 4.79 Å². The highest BCUT2D eigenvalue weighted by molar-refractivity contribution is 9.10. The van der Waals surface area contributed by atoms with Crippen molar-refractivity contribution >= 4 is 22.0 Å². The largest absolute Gasteiger partial charge is 0.465 e. The summed E-state index contributed by atoms with van der Waals surface area (Å²) in [5.74, 6) is 0. The standard InChI is InChI=1S/C10H12BrNO2/c1-6-3-8(11)4-7(2)9(6)5-12-10(13)14/h3-4,12H,5H2,1-2H3,(H,13,14). The van der Waals surface area contributed by atoms with Crippen LogP contribution in [0.4, 0.5) is 4.79 Å². The number of benzene rings is 1. The molecule has 0 aliphatic carbocycles. The van der Waals surface area contributed by atoms with E-state index in [0.29, 0.717) is 6.54 Å². The third-order valence-corrected chi connectivity index (χ3v) is 2.54. The smallest absolute Gasteiger partial charge is 0.404 e. The molecule has 0 saturated carbocycles. The van der Waals surface area contributed by atoms with E-state index in [1.54, 1.807) is 0 Å². The molecule has 0 aliphatic heterocycles. The van der Waals surface area contributed by atoms with Crippen molar-refractivity contribution in [3.63, 3.8) is 0 Å². The van der Waals surface area contributed by atoms with Gasteiger partial charge in [0.1, 0.15) is 0 Å². The van der Waals surface area contributed by atoms with Crippen LogP contribution in [0.5, 0.6) is 0 Å². The van der Waals surface area contributed by atoms with Gasteiger partial charge in [0.2, 0.25) is 0 Å². The van der Waals surface area contributed by atoms with Crippen LogP contribution in [0, 0.1) is 13.8 Å². The first kappa shape index (κ1) is 11.0. The topological polar surface area (TPSA) is 49.3 Å². The molecule has 0 saturated heterocycles. The summed E-state index contributed by atoms with van der Waals surface area (Å²) in [6.45, 7) is 4.30. The predicted octanol–water partition coefficient (Wildman–Crippen LogP) is 2.83. The fourth-order valence-electron chi connectivity index (χ4n) is 1.38. The Bertz CT molecular complexity index is 340. The maximum absolute atomic E-state index is 10.3. The Morgan fingerprint density at radius 2 is 1.93 bits per heavy atom. The van der Waals surface area contributed by atoms with Crippen molar-refractivity contribution in [1.82, 2.24) is 5.32 Å². The quantitative estimate of drug-likeness (QED) is 0.856. The van der Waals surface area contributed by atoms with Gasteiger partial charge < -0.3 is 10.4 Å². The van der Waals surface area contributed by atoms with E-state index < -0.39 is 6.09 Å². The first-order chi connectivity index (χ1) is 6.50. The number of carboxylic acid groups (broad SMARTS) is 1. The van der Waals surface area contributed by atoms with Gasteiger partial charge in [0.05, 0.1) is 0 Å². The van der Waals surface area contributed by atoms with Gasteiger partial charge in [0.25, 0.3) is 0 Å². The van der Waals surface area contributed by atoms with Crippen molar-refractivity contribution in [3.8, 4) is 0 Å². The number of rotatable bonds is 2. The fraction of sp³-hybridized carbons (Fsp3) is 0.300. The lowest BCUT2D eigenvalue weighted by molar-refractivity contribution is 0.194. The molecule has 2 N–H and O–H groups in total. The molecule has 1 aromatic rings. The normalized spacial score (nSPS) is 9.93. The highest BCUT2D eigenvalue weighted by Crippen LogP contribution is 2.20. The number of amides is 1. The van der Waals surface area contributed by atoms with Crippen molar-refractivity contribution in [1.29, 1.82) is 0 Å². The molecule has 0 aliphatic rings. The lowest BCUT2D eigenvalue weighted by atomic mass is 10.0. The Kier molecular flexibility index (Phi) is 3.52. The van der Waals surface area contributed by atoms with E-state index in [4.69, 9.17) is 5.11 Å². The summed E-state index contributed by atoms with van der Waals surface area (Å²) in [6.07, 6.45) is -0.994. The minimum absolute atomic E-state index is 0.361. The second-order valence-corrected chi connectivity index (χ2v) is 4.09. The van der Waals surface area contributed by atoms with Crippen molar-refractivity contribution < 1.29 is 9.90 Å². The lowest BCUT2D eigenvalue weighted by Crippen LogP contribution is -2.21. The van der Waals surface area contributed by atoms with Gasteiger partial charge in [-0.25, -0.2) is 4.79 Å². The third-order valence-electron chi connectivity index (χ3n) is 2.08. The SMILES string of the molecule is Cc1cc(Br)cc(C)c1CNC(=O)O. The Labute approximate surface area is 91.3 Å². The molecule has 0 aromatic heterocycles. The zero-order chi connectivity index (χ0) is 10.7. The van der Waals surface area contributed by atoms with Crippen LogP contribution in [0.3, 0.4) is 0 Å². The van der Waals surface area contributed by atoms with E-state index >= 15 is 0 Å². The van der Waals surface area contributed by atoms with Gasteiger partial charge in [-0.05, 0) is 42.7 Å². The summed E-state index contributed by atoms with van der Waals surface area (Å²) >= 11 is 3.39. The number of carbonyl (C=O) groups is 1. The van der Waals surface area contributed by atoms with Gasteiger partial charge in [-0.3, -0.25) is 0 Å². The first-order valence-electron chi connectivity index (χ1n) is 4.23. The number of nitrogens with one attached hydrogen (secondary N) is 1. The Morgan fingerprint density at radius 1 is 1.43 bits per heavy atom. The summed E-state index contributed by atoms with van der Waals surface area (Å²) in [6, 6.07) is 3.96. The van der Waals surface area contributed by atoms with Crippen LogP contribution < -0.4 is 5.32 Å². The van der Waals surface area contributed by atoms with Crippen molar-refractivity contribution in [2.75, 3.05) is 0 Å². The molecule has 0 atom stereocenters. The molecular formula is C10H12BrNO2. The zero-order valence-electron chi connectivity index (χ0n) is 8.10. The zero-order valence-corrected chi connectivity index (χ0v) is 9.68. The molecule has 0 fully saturated rings. The van der Waals surface area contributed by atoms with Crippen molar-refractivity contribution in [2.45, 2.75) is 20.4 Å². The fourth-order valence-corrected chi connectivity index (χ4v) is 2.07. The second kappa shape index (κ2) is 4.46. The van der Waals surface area contributed by atoms with Crippen LogP contribution in [0.15, 0.2) is 16.6 Å². The molecule has 0 unspecified atom stereocenters. The molecule has 1 rings (SSSR count). The molecule has 0 spiro atoms. The molecule has 0 bridgehead atoms. The highest BCUT2D eigenvalue weighted by atomic mass is 79.9. The van der Waals surface area contributed by atoms with E-state index in [1.165, 1.54) is 0 Å². The molecule has 76 valence electrons. The maximum atomic E-state index is 10.3. The predicted molar refractivity (Wildman–Crippen MR) is 58.5 cm³/mol. The van der Waals surface area contributed by atoms with E-state index in [0.717, 1.165) is 21.2 Å². The van der Waals surface area contributed by atoms with E-state index in [1.807, 2.05) is 26.0 Å². The molecule has 0 radical (unpaired) electrons. The summed E-state index contributed by atoms with van der Waals surface area (Å²) < 4.78 is 1.02. The molecule has 1 amide bonds. The number of hydrogen-bond acceptors (Lipinski definition) is 1. The average molecular weight is 258 g/mol. The van der Waals surface area contributed by atoms with Crippen molar-refractivity contribution in [2.24, 2.45) is 0 Å². The molecule has 4 heteroatoms. The van der Waals surface area contributed by atoms with Gasteiger partial charge in [0, 0.05) is 11.0 Å². The number of hydrogen-bond donors (Lipinski definition) is 2. The lowest BCUT2D eigenvalue weighted by Gasteiger charge is -2.10. The minimum Gasteiger partial charge on any atom is -0.465 e.